The molecule has 0 saturated carbocycles. The Morgan fingerprint density at radius 1 is 1.28 bits per heavy atom. The lowest BCUT2D eigenvalue weighted by molar-refractivity contribution is -0.137. The molecule has 98 valence electrons. The van der Waals surface area contributed by atoms with E-state index >= 15 is 0 Å². The zero-order valence-electron chi connectivity index (χ0n) is 10.4. The predicted molar refractivity (Wildman–Crippen MR) is 63.1 cm³/mol. The number of halogens is 1. The Hall–Kier alpha value is -1.91. The quantitative estimate of drug-likeness (QED) is 0.444. The summed E-state index contributed by atoms with van der Waals surface area (Å²) in [5.74, 6) is -2.36. The number of benzene rings is 1. The summed E-state index contributed by atoms with van der Waals surface area (Å²) in [6, 6.07) is 3.54. The molecule has 0 fully saturated rings. The van der Waals surface area contributed by atoms with Crippen molar-refractivity contribution in [3.05, 3.63) is 29.6 Å². The maximum absolute atomic E-state index is 13.4. The van der Waals surface area contributed by atoms with Crippen LogP contribution in [0.5, 0.6) is 5.75 Å². The van der Waals surface area contributed by atoms with Crippen molar-refractivity contribution in [2.75, 3.05) is 13.2 Å². The van der Waals surface area contributed by atoms with Crippen LogP contribution in [0.1, 0.15) is 30.6 Å². The maximum atomic E-state index is 13.4. The van der Waals surface area contributed by atoms with Gasteiger partial charge < -0.3 is 9.47 Å². The minimum absolute atomic E-state index is 0.0352. The first-order chi connectivity index (χ1) is 8.60. The van der Waals surface area contributed by atoms with Crippen LogP contribution in [0.25, 0.3) is 0 Å². The van der Waals surface area contributed by atoms with E-state index in [-0.39, 0.29) is 17.9 Å². The molecule has 5 heteroatoms. The third kappa shape index (κ3) is 3.55. The van der Waals surface area contributed by atoms with Crippen molar-refractivity contribution in [3.63, 3.8) is 0 Å². The maximum Gasteiger partial charge on any atom is 0.379 e. The summed E-state index contributed by atoms with van der Waals surface area (Å²) in [6.45, 7) is 3.94. The second-order valence-electron chi connectivity index (χ2n) is 3.54. The lowest BCUT2D eigenvalue weighted by atomic mass is 10.1. The van der Waals surface area contributed by atoms with E-state index in [4.69, 9.17) is 4.74 Å². The van der Waals surface area contributed by atoms with Crippen LogP contribution in [0.15, 0.2) is 18.2 Å². The largest absolute Gasteiger partial charge is 0.491 e. The van der Waals surface area contributed by atoms with Gasteiger partial charge in [0.15, 0.2) is 11.6 Å². The Bertz CT molecular complexity index is 443. The zero-order valence-corrected chi connectivity index (χ0v) is 10.4. The molecule has 0 spiro atoms. The molecule has 0 saturated heterocycles. The average molecular weight is 254 g/mol. The Morgan fingerprint density at radius 2 is 2.00 bits per heavy atom. The highest BCUT2D eigenvalue weighted by atomic mass is 19.1. The fourth-order valence-electron chi connectivity index (χ4n) is 1.28. The van der Waals surface area contributed by atoms with Crippen molar-refractivity contribution in [2.45, 2.75) is 20.3 Å². The summed E-state index contributed by atoms with van der Waals surface area (Å²) < 4.78 is 23.1. The van der Waals surface area contributed by atoms with Gasteiger partial charge in [-0.2, -0.15) is 0 Å². The van der Waals surface area contributed by atoms with Crippen molar-refractivity contribution in [1.29, 1.82) is 0 Å². The van der Waals surface area contributed by atoms with Crippen LogP contribution in [0, 0.1) is 5.82 Å². The Morgan fingerprint density at radius 3 is 2.61 bits per heavy atom. The first-order valence-electron chi connectivity index (χ1n) is 5.74. The molecule has 0 bridgehead atoms. The van der Waals surface area contributed by atoms with Gasteiger partial charge in [-0.3, -0.25) is 4.79 Å². The van der Waals surface area contributed by atoms with Gasteiger partial charge in [0.1, 0.15) is 0 Å². The van der Waals surface area contributed by atoms with Crippen LogP contribution in [-0.2, 0) is 9.53 Å². The van der Waals surface area contributed by atoms with Crippen LogP contribution < -0.4 is 4.74 Å². The molecule has 1 aromatic carbocycles. The monoisotopic (exact) mass is 254 g/mol. The van der Waals surface area contributed by atoms with E-state index in [0.29, 0.717) is 6.61 Å². The standard InChI is InChI=1S/C13H15FO4/c1-3-7-18-11-8-9(5-6-10(11)14)12(15)13(16)17-4-2/h5-6,8H,3-4,7H2,1-2H3. The van der Waals surface area contributed by atoms with Crippen LogP contribution in [-0.4, -0.2) is 25.0 Å². The Labute approximate surface area is 105 Å². The van der Waals surface area contributed by atoms with Gasteiger partial charge in [-0.25, -0.2) is 9.18 Å². The minimum Gasteiger partial charge on any atom is -0.491 e. The molecular weight excluding hydrogens is 239 g/mol. The third-order valence-corrected chi connectivity index (χ3v) is 2.12. The molecule has 0 aliphatic heterocycles. The van der Waals surface area contributed by atoms with Crippen LogP contribution >= 0.6 is 0 Å². The molecule has 18 heavy (non-hydrogen) atoms. The molecule has 0 radical (unpaired) electrons. The molecule has 1 rings (SSSR count). The van der Waals surface area contributed by atoms with E-state index < -0.39 is 17.6 Å². The van der Waals surface area contributed by atoms with Gasteiger partial charge in [0.25, 0.3) is 5.78 Å². The number of hydrogen-bond donors (Lipinski definition) is 0. The Kier molecular flexibility index (Phi) is 5.30. The predicted octanol–water partition coefficient (Wildman–Crippen LogP) is 2.36. The number of rotatable bonds is 6. The van der Waals surface area contributed by atoms with Crippen LogP contribution in [0.2, 0.25) is 0 Å². The summed E-state index contributed by atoms with van der Waals surface area (Å²) in [7, 11) is 0. The van der Waals surface area contributed by atoms with Crippen molar-refractivity contribution in [3.8, 4) is 5.75 Å². The van der Waals surface area contributed by atoms with E-state index in [1.165, 1.54) is 12.1 Å². The third-order valence-electron chi connectivity index (χ3n) is 2.12. The van der Waals surface area contributed by atoms with Gasteiger partial charge in [-0.15, -0.1) is 0 Å². The van der Waals surface area contributed by atoms with Gasteiger partial charge in [-0.1, -0.05) is 6.92 Å². The molecular formula is C13H15FO4. The summed E-state index contributed by atoms with van der Waals surface area (Å²) >= 11 is 0. The van der Waals surface area contributed by atoms with Gasteiger partial charge >= 0.3 is 5.97 Å². The molecule has 0 aliphatic rings. The van der Waals surface area contributed by atoms with Gasteiger partial charge in [0, 0.05) is 5.56 Å². The summed E-state index contributed by atoms with van der Waals surface area (Å²) in [6.07, 6.45) is 0.718. The van der Waals surface area contributed by atoms with Crippen LogP contribution in [0.3, 0.4) is 0 Å². The molecule has 0 aliphatic carbocycles. The second kappa shape index (κ2) is 6.74. The molecule has 0 aromatic heterocycles. The van der Waals surface area contributed by atoms with E-state index in [2.05, 4.69) is 4.74 Å². The summed E-state index contributed by atoms with van der Waals surface area (Å²) in [4.78, 5) is 22.9. The number of ketones is 1. The minimum atomic E-state index is -0.953. The topological polar surface area (TPSA) is 52.6 Å². The number of hydrogen-bond acceptors (Lipinski definition) is 4. The van der Waals surface area contributed by atoms with E-state index in [0.717, 1.165) is 12.5 Å². The van der Waals surface area contributed by atoms with E-state index in [9.17, 15) is 14.0 Å². The smallest absolute Gasteiger partial charge is 0.379 e. The lowest BCUT2D eigenvalue weighted by Crippen LogP contribution is -2.17. The number of ether oxygens (including phenoxy) is 2. The Balaban J connectivity index is 2.90. The van der Waals surface area contributed by atoms with E-state index in [1.54, 1.807) is 6.92 Å². The van der Waals surface area contributed by atoms with Crippen LogP contribution in [0.4, 0.5) is 4.39 Å². The number of carbonyl (C=O) groups is 2. The summed E-state index contributed by atoms with van der Waals surface area (Å²) in [5.41, 5.74) is 0.0564. The molecule has 0 unspecified atom stereocenters. The molecule has 0 atom stereocenters. The van der Waals surface area contributed by atoms with Gasteiger partial charge in [-0.05, 0) is 31.5 Å². The highest BCUT2D eigenvalue weighted by Gasteiger charge is 2.19. The molecule has 0 N–H and O–H groups in total. The second-order valence-corrected chi connectivity index (χ2v) is 3.54. The van der Waals surface area contributed by atoms with Crippen molar-refractivity contribution >= 4 is 11.8 Å². The zero-order chi connectivity index (χ0) is 13.5. The highest BCUT2D eigenvalue weighted by molar-refractivity contribution is 6.40. The molecule has 1 aromatic rings. The van der Waals surface area contributed by atoms with Gasteiger partial charge in [0.05, 0.1) is 13.2 Å². The van der Waals surface area contributed by atoms with Gasteiger partial charge in [0.2, 0.25) is 0 Å². The van der Waals surface area contributed by atoms with E-state index in [1.807, 2.05) is 6.92 Å². The average Bonchev–Trinajstić information content (AvgIpc) is 2.37. The summed E-state index contributed by atoms with van der Waals surface area (Å²) in [5, 5.41) is 0. The van der Waals surface area contributed by atoms with Crippen molar-refractivity contribution in [2.24, 2.45) is 0 Å². The molecule has 0 amide bonds. The SMILES string of the molecule is CCCOc1cc(C(=O)C(=O)OCC)ccc1F. The first-order valence-corrected chi connectivity index (χ1v) is 5.74. The van der Waals surface area contributed by atoms with Crippen molar-refractivity contribution < 1.29 is 23.5 Å². The lowest BCUT2D eigenvalue weighted by Gasteiger charge is -2.07. The normalized spacial score (nSPS) is 9.94. The highest BCUT2D eigenvalue weighted by Crippen LogP contribution is 2.19. The molecule has 4 nitrogen and oxygen atoms in total. The fraction of sp³-hybridized carbons (Fsp3) is 0.385. The van der Waals surface area contributed by atoms with Crippen molar-refractivity contribution in [1.82, 2.24) is 0 Å². The number of esters is 1. The molecule has 0 heterocycles. The first kappa shape index (κ1) is 14.2. The fourth-order valence-corrected chi connectivity index (χ4v) is 1.28. The number of carbonyl (C=O) groups excluding carboxylic acids is 2. The number of Topliss-reactive ketones (excluding diaryl/α,β-unsaturated/α-hetero) is 1.